The molecule has 0 unspecified atom stereocenters. The quantitative estimate of drug-likeness (QED) is 0.711. The van der Waals surface area contributed by atoms with Crippen LogP contribution < -0.4 is 0 Å². The Hall–Kier alpha value is -2.32. The average Bonchev–Trinajstić information content (AvgIpc) is 2.95. The van der Waals surface area contributed by atoms with Crippen molar-refractivity contribution in [2.24, 2.45) is 0 Å². The van der Waals surface area contributed by atoms with Crippen molar-refractivity contribution < 1.29 is 12.8 Å². The molecule has 0 saturated heterocycles. The lowest BCUT2D eigenvalue weighted by Crippen LogP contribution is -2.37. The van der Waals surface area contributed by atoms with Gasteiger partial charge in [-0.3, -0.25) is 0 Å². The summed E-state index contributed by atoms with van der Waals surface area (Å²) in [7, 11) is -3.66. The molecule has 1 aliphatic rings. The van der Waals surface area contributed by atoms with Gasteiger partial charge in [0.05, 0.1) is 16.3 Å². The zero-order valence-electron chi connectivity index (χ0n) is 13.0. The van der Waals surface area contributed by atoms with Gasteiger partial charge in [0.2, 0.25) is 10.0 Å². The van der Waals surface area contributed by atoms with Gasteiger partial charge >= 0.3 is 0 Å². The van der Waals surface area contributed by atoms with Gasteiger partial charge in [-0.1, -0.05) is 0 Å². The Labute approximate surface area is 138 Å². The van der Waals surface area contributed by atoms with Gasteiger partial charge in [-0.25, -0.2) is 22.3 Å². The summed E-state index contributed by atoms with van der Waals surface area (Å²) in [5, 5.41) is 4.43. The molecule has 0 aliphatic carbocycles. The summed E-state index contributed by atoms with van der Waals surface area (Å²) in [6, 6.07) is 6.78. The van der Waals surface area contributed by atoms with Crippen LogP contribution >= 0.6 is 0 Å². The third-order valence-electron chi connectivity index (χ3n) is 4.19. The summed E-state index contributed by atoms with van der Waals surface area (Å²) in [4.78, 5) is 4.44. The monoisotopic (exact) mass is 346 g/mol. The minimum atomic E-state index is -3.66. The topological polar surface area (TPSA) is 67.6 Å². The van der Waals surface area contributed by atoms with Crippen molar-refractivity contribution in [2.75, 3.05) is 6.54 Å². The largest absolute Gasteiger partial charge is 0.243 e. The molecule has 1 aliphatic heterocycles. The third kappa shape index (κ3) is 2.38. The molecule has 0 bridgehead atoms. The number of aromatic nitrogens is 3. The third-order valence-corrected chi connectivity index (χ3v) is 6.05. The summed E-state index contributed by atoms with van der Waals surface area (Å²) >= 11 is 0. The molecule has 0 spiro atoms. The number of nitrogens with zero attached hydrogens (tertiary/aromatic N) is 4. The molecule has 4 rings (SSSR count). The Morgan fingerprint density at radius 3 is 2.71 bits per heavy atom. The van der Waals surface area contributed by atoms with Gasteiger partial charge in [-0.05, 0) is 31.2 Å². The van der Waals surface area contributed by atoms with Crippen LogP contribution in [0.4, 0.5) is 4.39 Å². The molecular formula is C16H15FN4O2S. The summed E-state index contributed by atoms with van der Waals surface area (Å²) in [6.07, 6.45) is 2.26. The van der Waals surface area contributed by atoms with Gasteiger partial charge in [0.25, 0.3) is 0 Å². The first-order valence-corrected chi connectivity index (χ1v) is 8.98. The maximum absolute atomic E-state index is 13.0. The predicted molar refractivity (Wildman–Crippen MR) is 85.4 cm³/mol. The molecule has 24 heavy (non-hydrogen) atoms. The maximum Gasteiger partial charge on any atom is 0.243 e. The maximum atomic E-state index is 13.0. The Kier molecular flexibility index (Phi) is 3.40. The van der Waals surface area contributed by atoms with Gasteiger partial charge in [0.15, 0.2) is 5.65 Å². The van der Waals surface area contributed by atoms with E-state index in [0.29, 0.717) is 13.0 Å². The summed E-state index contributed by atoms with van der Waals surface area (Å²) in [6.45, 7) is 2.48. The van der Waals surface area contributed by atoms with Crippen molar-refractivity contribution in [3.63, 3.8) is 0 Å². The molecule has 124 valence electrons. The Morgan fingerprint density at radius 2 is 1.96 bits per heavy atom. The first-order chi connectivity index (χ1) is 11.4. The van der Waals surface area contributed by atoms with E-state index in [9.17, 15) is 12.8 Å². The van der Waals surface area contributed by atoms with Crippen molar-refractivity contribution in [3.05, 3.63) is 59.3 Å². The van der Waals surface area contributed by atoms with Crippen molar-refractivity contribution >= 4 is 15.7 Å². The van der Waals surface area contributed by atoms with Crippen molar-refractivity contribution in [1.29, 1.82) is 0 Å². The van der Waals surface area contributed by atoms with Crippen LogP contribution in [-0.2, 0) is 23.0 Å². The van der Waals surface area contributed by atoms with Gasteiger partial charge in [0, 0.05) is 37.3 Å². The van der Waals surface area contributed by atoms with E-state index in [1.54, 1.807) is 10.7 Å². The fourth-order valence-electron chi connectivity index (χ4n) is 2.99. The highest BCUT2D eigenvalue weighted by molar-refractivity contribution is 7.89. The second-order valence-corrected chi connectivity index (χ2v) is 7.77. The zero-order valence-corrected chi connectivity index (χ0v) is 13.8. The Balaban J connectivity index is 1.71. The molecule has 0 fully saturated rings. The molecule has 8 heteroatoms. The van der Waals surface area contributed by atoms with Crippen LogP contribution in [-0.4, -0.2) is 33.9 Å². The smallest absolute Gasteiger partial charge is 0.237 e. The molecule has 3 heterocycles. The van der Waals surface area contributed by atoms with Gasteiger partial charge in [-0.15, -0.1) is 0 Å². The van der Waals surface area contributed by atoms with Crippen LogP contribution in [0, 0.1) is 12.7 Å². The van der Waals surface area contributed by atoms with Crippen LogP contribution in [0.3, 0.4) is 0 Å². The van der Waals surface area contributed by atoms with E-state index in [1.165, 1.54) is 16.4 Å². The molecule has 0 N–H and O–H groups in total. The van der Waals surface area contributed by atoms with E-state index in [2.05, 4.69) is 10.1 Å². The molecule has 3 aromatic rings. The number of halogens is 1. The lowest BCUT2D eigenvalue weighted by atomic mass is 10.1. The minimum absolute atomic E-state index is 0.0938. The summed E-state index contributed by atoms with van der Waals surface area (Å²) in [5.74, 6) is -0.460. The molecule has 0 atom stereocenters. The van der Waals surface area contributed by atoms with Crippen LogP contribution in [0.5, 0.6) is 0 Å². The second-order valence-electron chi connectivity index (χ2n) is 5.83. The molecule has 0 saturated carbocycles. The molecule has 1 aromatic carbocycles. The number of aryl methyl sites for hydroxylation is 1. The number of rotatable bonds is 2. The number of sulfonamides is 1. The number of hydrogen-bond acceptors (Lipinski definition) is 4. The van der Waals surface area contributed by atoms with E-state index in [4.69, 9.17) is 0 Å². The van der Waals surface area contributed by atoms with Gasteiger partial charge in [0.1, 0.15) is 5.82 Å². The summed E-state index contributed by atoms with van der Waals surface area (Å²) in [5.41, 5.74) is 3.46. The van der Waals surface area contributed by atoms with E-state index >= 15 is 0 Å². The SMILES string of the molecule is Cc1cc2ncc3c(n2n1)CCN(S(=O)(=O)c1ccc(F)cc1)C3. The molecule has 2 aromatic heterocycles. The lowest BCUT2D eigenvalue weighted by molar-refractivity contribution is 0.384. The second kappa shape index (κ2) is 5.35. The normalized spacial score (nSPS) is 15.6. The molecule has 0 radical (unpaired) electrons. The summed E-state index contributed by atoms with van der Waals surface area (Å²) < 4.78 is 41.7. The average molecular weight is 346 g/mol. The van der Waals surface area contributed by atoms with Crippen molar-refractivity contribution in [3.8, 4) is 0 Å². The molecule has 6 nitrogen and oxygen atoms in total. The fraction of sp³-hybridized carbons (Fsp3) is 0.250. The van der Waals surface area contributed by atoms with Gasteiger partial charge < -0.3 is 0 Å². The standard InChI is InChI=1S/C16H15FN4O2S/c1-11-8-16-18-9-12-10-20(7-6-15(12)21(16)19-11)24(22,23)14-4-2-13(17)3-5-14/h2-5,8-9H,6-7,10H2,1H3. The number of hydrogen-bond donors (Lipinski definition) is 0. The highest BCUT2D eigenvalue weighted by atomic mass is 32.2. The zero-order chi connectivity index (χ0) is 16.9. The van der Waals surface area contributed by atoms with Crippen LogP contribution in [0.25, 0.3) is 5.65 Å². The minimum Gasteiger partial charge on any atom is -0.237 e. The number of benzene rings is 1. The van der Waals surface area contributed by atoms with Crippen molar-refractivity contribution in [2.45, 2.75) is 24.8 Å². The molecule has 0 amide bonds. The Bertz CT molecular complexity index is 1030. The first kappa shape index (κ1) is 15.2. The predicted octanol–water partition coefficient (Wildman–Crippen LogP) is 1.92. The van der Waals surface area contributed by atoms with Crippen LogP contribution in [0.15, 0.2) is 41.4 Å². The van der Waals surface area contributed by atoms with E-state index in [-0.39, 0.29) is 11.4 Å². The van der Waals surface area contributed by atoms with Crippen LogP contribution in [0.1, 0.15) is 17.0 Å². The lowest BCUT2D eigenvalue weighted by Gasteiger charge is -2.28. The highest BCUT2D eigenvalue weighted by Gasteiger charge is 2.29. The number of fused-ring (bicyclic) bond motifs is 3. The van der Waals surface area contributed by atoms with E-state index in [1.807, 2.05) is 13.0 Å². The van der Waals surface area contributed by atoms with Gasteiger partial charge in [-0.2, -0.15) is 9.40 Å². The van der Waals surface area contributed by atoms with Crippen LogP contribution in [0.2, 0.25) is 0 Å². The highest BCUT2D eigenvalue weighted by Crippen LogP contribution is 2.25. The van der Waals surface area contributed by atoms with E-state index < -0.39 is 15.8 Å². The van der Waals surface area contributed by atoms with Crippen molar-refractivity contribution in [1.82, 2.24) is 18.9 Å². The Morgan fingerprint density at radius 1 is 1.21 bits per heavy atom. The fourth-order valence-corrected chi connectivity index (χ4v) is 4.41. The first-order valence-electron chi connectivity index (χ1n) is 7.54. The molecular weight excluding hydrogens is 331 g/mol. The van der Waals surface area contributed by atoms with E-state index in [0.717, 1.165) is 34.7 Å².